The number of nitrogens with zero attached hydrogens (tertiary/aromatic N) is 1. The molecule has 2 rings (SSSR count). The van der Waals surface area contributed by atoms with Gasteiger partial charge in [-0.2, -0.15) is 0 Å². The molecule has 1 aliphatic heterocycles. The van der Waals surface area contributed by atoms with Gasteiger partial charge in [0.2, 0.25) is 5.91 Å². The summed E-state index contributed by atoms with van der Waals surface area (Å²) >= 11 is 0. The van der Waals surface area contributed by atoms with Crippen LogP contribution in [0.4, 0.5) is 0 Å². The van der Waals surface area contributed by atoms with Gasteiger partial charge in [-0.15, -0.1) is 0 Å². The largest absolute Gasteiger partial charge is 0.335 e. The van der Waals surface area contributed by atoms with Crippen LogP contribution in [0.5, 0.6) is 0 Å². The summed E-state index contributed by atoms with van der Waals surface area (Å²) in [7, 11) is 0. The van der Waals surface area contributed by atoms with Crippen LogP contribution in [0, 0.1) is 11.8 Å². The van der Waals surface area contributed by atoms with Crippen LogP contribution in [0.25, 0.3) is 0 Å². The first kappa shape index (κ1) is 12.9. The molecular weight excluding hydrogens is 212 g/mol. The molecule has 1 amide bonds. The van der Waals surface area contributed by atoms with E-state index in [2.05, 4.69) is 37.9 Å². The summed E-state index contributed by atoms with van der Waals surface area (Å²) < 4.78 is 0. The smallest absolute Gasteiger partial charge is 0.226 e. The van der Waals surface area contributed by atoms with Crippen molar-refractivity contribution >= 4 is 5.91 Å². The monoisotopic (exact) mass is 238 g/mol. The Hall–Kier alpha value is -0.570. The maximum absolute atomic E-state index is 12.3. The van der Waals surface area contributed by atoms with Crippen molar-refractivity contribution in [3.05, 3.63) is 0 Å². The quantitative estimate of drug-likeness (QED) is 0.816. The van der Waals surface area contributed by atoms with E-state index >= 15 is 0 Å². The van der Waals surface area contributed by atoms with Gasteiger partial charge in [-0.1, -0.05) is 13.8 Å². The molecule has 1 atom stereocenters. The number of amides is 1. The molecule has 0 aromatic heterocycles. The van der Waals surface area contributed by atoms with Crippen molar-refractivity contribution in [2.45, 2.75) is 58.5 Å². The van der Waals surface area contributed by atoms with Gasteiger partial charge in [-0.25, -0.2) is 0 Å². The highest BCUT2D eigenvalue weighted by Crippen LogP contribution is 2.34. The molecule has 1 saturated heterocycles. The molecule has 98 valence electrons. The molecule has 0 spiro atoms. The third-order valence-electron chi connectivity index (χ3n) is 3.91. The average Bonchev–Trinajstić information content (AvgIpc) is 3.02. The molecule has 1 unspecified atom stereocenters. The second-order valence-corrected chi connectivity index (χ2v) is 6.74. The van der Waals surface area contributed by atoms with Crippen molar-refractivity contribution in [3.8, 4) is 0 Å². The zero-order valence-electron chi connectivity index (χ0n) is 11.6. The van der Waals surface area contributed by atoms with Gasteiger partial charge in [-0.3, -0.25) is 4.79 Å². The van der Waals surface area contributed by atoms with Gasteiger partial charge in [0.1, 0.15) is 0 Å². The van der Waals surface area contributed by atoms with E-state index < -0.39 is 0 Å². The topological polar surface area (TPSA) is 32.3 Å². The van der Waals surface area contributed by atoms with E-state index in [1.54, 1.807) is 0 Å². The Morgan fingerprint density at radius 3 is 2.59 bits per heavy atom. The highest BCUT2D eigenvalue weighted by Gasteiger charge is 2.42. The summed E-state index contributed by atoms with van der Waals surface area (Å²) in [5.74, 6) is 1.42. The molecule has 2 aliphatic rings. The number of piperazine rings is 1. The summed E-state index contributed by atoms with van der Waals surface area (Å²) in [5.41, 5.74) is -0.0207. The van der Waals surface area contributed by atoms with E-state index in [1.165, 1.54) is 0 Å². The van der Waals surface area contributed by atoms with Gasteiger partial charge in [0.15, 0.2) is 0 Å². The number of hydrogen-bond donors (Lipinski definition) is 1. The molecule has 3 nitrogen and oxygen atoms in total. The summed E-state index contributed by atoms with van der Waals surface area (Å²) in [5, 5.41) is 3.59. The van der Waals surface area contributed by atoms with E-state index in [1.807, 2.05) is 0 Å². The van der Waals surface area contributed by atoms with Gasteiger partial charge in [0.25, 0.3) is 0 Å². The molecule has 1 aliphatic carbocycles. The SMILES string of the molecule is CC(C)CC1CN(C(=O)C2CC2)C(C)(C)CN1. The lowest BCUT2D eigenvalue weighted by Gasteiger charge is -2.46. The number of carbonyl (C=O) groups is 1. The van der Waals surface area contributed by atoms with Crippen LogP contribution < -0.4 is 5.32 Å². The van der Waals surface area contributed by atoms with Crippen molar-refractivity contribution in [3.63, 3.8) is 0 Å². The number of carbonyl (C=O) groups excluding carboxylic acids is 1. The summed E-state index contributed by atoms with van der Waals surface area (Å²) in [6, 6.07) is 0.478. The van der Waals surface area contributed by atoms with E-state index in [-0.39, 0.29) is 5.54 Å². The van der Waals surface area contributed by atoms with E-state index in [9.17, 15) is 4.79 Å². The molecule has 0 aromatic carbocycles. The maximum Gasteiger partial charge on any atom is 0.226 e. The van der Waals surface area contributed by atoms with Crippen LogP contribution >= 0.6 is 0 Å². The fourth-order valence-electron chi connectivity index (χ4n) is 2.69. The predicted molar refractivity (Wildman–Crippen MR) is 69.8 cm³/mol. The van der Waals surface area contributed by atoms with Gasteiger partial charge in [0.05, 0.1) is 0 Å². The average molecular weight is 238 g/mol. The Balaban J connectivity index is 2.01. The molecule has 2 fully saturated rings. The normalized spacial score (nSPS) is 28.5. The summed E-state index contributed by atoms with van der Waals surface area (Å²) in [6.07, 6.45) is 3.37. The first-order valence-electron chi connectivity index (χ1n) is 6.95. The Morgan fingerprint density at radius 2 is 2.06 bits per heavy atom. The molecular formula is C14H26N2O. The van der Waals surface area contributed by atoms with Gasteiger partial charge in [0, 0.05) is 30.6 Å². The number of rotatable bonds is 3. The van der Waals surface area contributed by atoms with E-state index in [0.29, 0.717) is 23.8 Å². The molecule has 0 aromatic rings. The van der Waals surface area contributed by atoms with Crippen LogP contribution in [0.2, 0.25) is 0 Å². The zero-order valence-corrected chi connectivity index (χ0v) is 11.6. The second kappa shape index (κ2) is 4.60. The van der Waals surface area contributed by atoms with Crippen molar-refractivity contribution in [1.82, 2.24) is 10.2 Å². The lowest BCUT2D eigenvalue weighted by Crippen LogP contribution is -2.64. The van der Waals surface area contributed by atoms with Crippen LogP contribution in [-0.2, 0) is 4.79 Å². The van der Waals surface area contributed by atoms with Crippen LogP contribution in [0.3, 0.4) is 0 Å². The van der Waals surface area contributed by atoms with Crippen molar-refractivity contribution in [1.29, 1.82) is 0 Å². The molecule has 1 heterocycles. The van der Waals surface area contributed by atoms with E-state index in [0.717, 1.165) is 32.4 Å². The fourth-order valence-corrected chi connectivity index (χ4v) is 2.69. The first-order valence-corrected chi connectivity index (χ1v) is 6.95. The summed E-state index contributed by atoms with van der Waals surface area (Å²) in [4.78, 5) is 14.4. The zero-order chi connectivity index (χ0) is 12.6. The minimum absolute atomic E-state index is 0.0207. The Morgan fingerprint density at radius 1 is 1.41 bits per heavy atom. The lowest BCUT2D eigenvalue weighted by atomic mass is 9.93. The Labute approximate surface area is 105 Å². The molecule has 1 N–H and O–H groups in total. The highest BCUT2D eigenvalue weighted by molar-refractivity contribution is 5.82. The predicted octanol–water partition coefficient (Wildman–Crippen LogP) is 2.02. The molecule has 17 heavy (non-hydrogen) atoms. The van der Waals surface area contributed by atoms with Crippen molar-refractivity contribution in [2.24, 2.45) is 11.8 Å². The molecule has 0 bridgehead atoms. The highest BCUT2D eigenvalue weighted by atomic mass is 16.2. The first-order chi connectivity index (χ1) is 7.90. The minimum atomic E-state index is -0.0207. The number of hydrogen-bond acceptors (Lipinski definition) is 2. The van der Waals surface area contributed by atoms with Crippen molar-refractivity contribution < 1.29 is 4.79 Å². The van der Waals surface area contributed by atoms with Gasteiger partial charge < -0.3 is 10.2 Å². The Bertz CT molecular complexity index is 295. The van der Waals surface area contributed by atoms with Crippen molar-refractivity contribution in [2.75, 3.05) is 13.1 Å². The third-order valence-corrected chi connectivity index (χ3v) is 3.91. The maximum atomic E-state index is 12.3. The minimum Gasteiger partial charge on any atom is -0.335 e. The van der Waals surface area contributed by atoms with Gasteiger partial charge in [-0.05, 0) is 39.0 Å². The van der Waals surface area contributed by atoms with Crippen LogP contribution in [0.15, 0.2) is 0 Å². The fraction of sp³-hybridized carbons (Fsp3) is 0.929. The van der Waals surface area contributed by atoms with E-state index in [4.69, 9.17) is 0 Å². The van der Waals surface area contributed by atoms with Crippen LogP contribution in [-0.4, -0.2) is 35.5 Å². The van der Waals surface area contributed by atoms with Gasteiger partial charge >= 0.3 is 0 Å². The number of nitrogens with one attached hydrogen (secondary N) is 1. The Kier molecular flexibility index (Phi) is 3.48. The second-order valence-electron chi connectivity index (χ2n) is 6.74. The summed E-state index contributed by atoms with van der Waals surface area (Å²) in [6.45, 7) is 10.6. The molecule has 3 heteroatoms. The molecule has 0 radical (unpaired) electrons. The lowest BCUT2D eigenvalue weighted by molar-refractivity contribution is -0.140. The van der Waals surface area contributed by atoms with Crippen LogP contribution in [0.1, 0.15) is 47.0 Å². The standard InChI is InChI=1S/C14H26N2O/c1-10(2)7-12-8-16(13(17)11-5-6-11)14(3,4)9-15-12/h10-12,15H,5-9H2,1-4H3. The third kappa shape index (κ3) is 3.01. The molecule has 1 saturated carbocycles.